The molecule has 154 valence electrons. The second-order valence-electron chi connectivity index (χ2n) is 7.39. The number of para-hydroxylation sites is 2. The molecule has 2 heterocycles. The largest absolute Gasteiger partial charge is 0.492 e. The molecule has 1 N–H and O–H groups in total. The van der Waals surface area contributed by atoms with Crippen LogP contribution in [-0.4, -0.2) is 35.3 Å². The van der Waals surface area contributed by atoms with Gasteiger partial charge < -0.3 is 19.0 Å². The summed E-state index contributed by atoms with van der Waals surface area (Å²) in [4.78, 5) is 30.5. The normalized spacial score (nSPS) is 14.8. The zero-order valence-corrected chi connectivity index (χ0v) is 17.4. The van der Waals surface area contributed by atoms with Crippen molar-refractivity contribution in [1.29, 1.82) is 0 Å². The lowest BCUT2D eigenvalue weighted by Gasteiger charge is -2.22. The number of ketones is 2. The Hall–Kier alpha value is -4.06. The van der Waals surface area contributed by atoms with Gasteiger partial charge in [0.15, 0.2) is 11.5 Å². The number of Topliss-reactive ketones (excluding diaryl/α,β-unsaturated/α-hetero) is 2. The number of nitrogens with zero attached hydrogens (tertiary/aromatic N) is 1. The van der Waals surface area contributed by atoms with Gasteiger partial charge in [0.1, 0.15) is 0 Å². The molecular formula is C25H20N2O4. The number of benzene rings is 2. The summed E-state index contributed by atoms with van der Waals surface area (Å²) in [6.07, 6.45) is 3.56. The van der Waals surface area contributed by atoms with Gasteiger partial charge in [-0.05, 0) is 12.1 Å². The molecule has 1 aliphatic carbocycles. The quantitative estimate of drug-likeness (QED) is 0.509. The third-order valence-corrected chi connectivity index (χ3v) is 5.75. The summed E-state index contributed by atoms with van der Waals surface area (Å²) in [6.45, 7) is 0. The average Bonchev–Trinajstić information content (AvgIpc) is 3.36. The molecule has 2 aromatic heterocycles. The first kappa shape index (κ1) is 18.9. The van der Waals surface area contributed by atoms with Crippen LogP contribution in [0.1, 0.15) is 11.1 Å². The zero-order chi connectivity index (χ0) is 21.7. The first-order chi connectivity index (χ1) is 15.1. The van der Waals surface area contributed by atoms with E-state index in [0.717, 1.165) is 21.8 Å². The number of methoxy groups -OCH3 is 2. The second-order valence-corrected chi connectivity index (χ2v) is 7.39. The molecular weight excluding hydrogens is 392 g/mol. The molecule has 6 nitrogen and oxygen atoms in total. The van der Waals surface area contributed by atoms with Crippen molar-refractivity contribution in [1.82, 2.24) is 9.55 Å². The van der Waals surface area contributed by atoms with Crippen molar-refractivity contribution in [3.8, 4) is 0 Å². The van der Waals surface area contributed by atoms with E-state index in [1.54, 1.807) is 6.20 Å². The Kier molecular flexibility index (Phi) is 4.29. The molecule has 0 bridgehead atoms. The van der Waals surface area contributed by atoms with Crippen LogP contribution < -0.4 is 0 Å². The van der Waals surface area contributed by atoms with Crippen LogP contribution >= 0.6 is 0 Å². The first-order valence-electron chi connectivity index (χ1n) is 9.83. The predicted octanol–water partition coefficient (Wildman–Crippen LogP) is 4.23. The van der Waals surface area contributed by atoms with E-state index in [0.29, 0.717) is 11.1 Å². The van der Waals surface area contributed by atoms with Crippen LogP contribution in [0.2, 0.25) is 0 Å². The molecule has 31 heavy (non-hydrogen) atoms. The maximum absolute atomic E-state index is 13.7. The lowest BCUT2D eigenvalue weighted by atomic mass is 9.86. The van der Waals surface area contributed by atoms with E-state index in [2.05, 4.69) is 4.98 Å². The number of fused-ring (bicyclic) bond motifs is 2. The average molecular weight is 412 g/mol. The summed E-state index contributed by atoms with van der Waals surface area (Å²) < 4.78 is 13.0. The van der Waals surface area contributed by atoms with Crippen LogP contribution in [0.3, 0.4) is 0 Å². The minimum atomic E-state index is -0.383. The Morgan fingerprint density at radius 1 is 0.774 bits per heavy atom. The molecule has 0 spiro atoms. The van der Waals surface area contributed by atoms with E-state index in [-0.39, 0.29) is 34.2 Å². The summed E-state index contributed by atoms with van der Waals surface area (Å²) in [5, 5.41) is 1.69. The molecule has 0 radical (unpaired) electrons. The van der Waals surface area contributed by atoms with Gasteiger partial charge in [-0.3, -0.25) is 9.59 Å². The molecule has 0 atom stereocenters. The molecule has 4 aromatic rings. The molecule has 6 heteroatoms. The molecule has 0 saturated carbocycles. The number of aryl methyl sites for hydroxylation is 1. The smallest absolute Gasteiger partial charge is 0.232 e. The van der Waals surface area contributed by atoms with E-state index >= 15 is 0 Å². The molecule has 0 aliphatic heterocycles. The van der Waals surface area contributed by atoms with Gasteiger partial charge in [0.25, 0.3) is 0 Å². The van der Waals surface area contributed by atoms with Gasteiger partial charge in [0.05, 0.1) is 25.4 Å². The standard InChI is InChI=1S/C25H20N2O4/c1-27-13-17(15-9-5-7-11-19(15)27)21-23(29)24(30-2)20(22(28)25(21)31-3)16-12-26-18-10-6-4-8-14(16)18/h4-13,26H,1-3H3. The zero-order valence-electron chi connectivity index (χ0n) is 17.4. The van der Waals surface area contributed by atoms with Crippen LogP contribution in [-0.2, 0) is 26.1 Å². The van der Waals surface area contributed by atoms with Crippen molar-refractivity contribution in [3.63, 3.8) is 0 Å². The third-order valence-electron chi connectivity index (χ3n) is 5.75. The monoisotopic (exact) mass is 412 g/mol. The summed E-state index contributed by atoms with van der Waals surface area (Å²) >= 11 is 0. The SMILES string of the molecule is COC1=C(c2c[nH]c3ccccc23)C(=O)C(OC)=C(c2cn(C)c3ccccc23)C1=O. The van der Waals surface area contributed by atoms with Crippen LogP contribution in [0, 0.1) is 0 Å². The Labute approximate surface area is 178 Å². The minimum Gasteiger partial charge on any atom is -0.492 e. The number of aromatic amines is 1. The summed E-state index contributed by atoms with van der Waals surface area (Å²) in [5.74, 6) is -0.733. The maximum atomic E-state index is 13.7. The maximum Gasteiger partial charge on any atom is 0.232 e. The highest BCUT2D eigenvalue weighted by molar-refractivity contribution is 6.48. The Balaban J connectivity index is 1.77. The third kappa shape index (κ3) is 2.65. The van der Waals surface area contributed by atoms with E-state index in [4.69, 9.17) is 9.47 Å². The highest BCUT2D eigenvalue weighted by Gasteiger charge is 2.39. The van der Waals surface area contributed by atoms with Crippen LogP contribution in [0.25, 0.3) is 33.0 Å². The lowest BCUT2D eigenvalue weighted by molar-refractivity contribution is -0.117. The Morgan fingerprint density at radius 2 is 1.35 bits per heavy atom. The fourth-order valence-corrected chi connectivity index (χ4v) is 4.36. The van der Waals surface area contributed by atoms with Gasteiger partial charge in [-0.2, -0.15) is 0 Å². The van der Waals surface area contributed by atoms with Gasteiger partial charge in [0.2, 0.25) is 11.6 Å². The summed E-state index contributed by atoms with van der Waals surface area (Å²) in [5.41, 5.74) is 3.48. The highest BCUT2D eigenvalue weighted by Crippen LogP contribution is 2.40. The van der Waals surface area contributed by atoms with Crippen molar-refractivity contribution in [2.75, 3.05) is 14.2 Å². The van der Waals surface area contributed by atoms with E-state index in [1.807, 2.05) is 66.3 Å². The minimum absolute atomic E-state index is 0.0125. The van der Waals surface area contributed by atoms with Crippen molar-refractivity contribution in [3.05, 3.63) is 83.6 Å². The number of allylic oxidation sites excluding steroid dienone is 2. The first-order valence-corrected chi connectivity index (χ1v) is 9.83. The number of carbonyl (C=O) groups excluding carboxylic acids is 2. The van der Waals surface area contributed by atoms with Gasteiger partial charge >= 0.3 is 0 Å². The highest BCUT2D eigenvalue weighted by atomic mass is 16.5. The molecule has 0 unspecified atom stereocenters. The Morgan fingerprint density at radius 3 is 2.03 bits per heavy atom. The van der Waals surface area contributed by atoms with Gasteiger partial charge in [-0.15, -0.1) is 0 Å². The van der Waals surface area contributed by atoms with Crippen LogP contribution in [0.5, 0.6) is 0 Å². The van der Waals surface area contributed by atoms with Gasteiger partial charge in [-0.25, -0.2) is 0 Å². The number of hydrogen-bond acceptors (Lipinski definition) is 4. The topological polar surface area (TPSA) is 73.3 Å². The number of rotatable bonds is 4. The number of carbonyl (C=O) groups is 2. The predicted molar refractivity (Wildman–Crippen MR) is 119 cm³/mol. The van der Waals surface area contributed by atoms with Crippen LogP contribution in [0.4, 0.5) is 0 Å². The van der Waals surface area contributed by atoms with E-state index in [1.165, 1.54) is 14.2 Å². The summed E-state index contributed by atoms with van der Waals surface area (Å²) in [6, 6.07) is 15.3. The van der Waals surface area contributed by atoms with Crippen molar-refractivity contribution in [2.45, 2.75) is 0 Å². The molecule has 0 saturated heterocycles. The lowest BCUT2D eigenvalue weighted by Crippen LogP contribution is -2.24. The Bertz CT molecular complexity index is 1450. The van der Waals surface area contributed by atoms with E-state index < -0.39 is 0 Å². The summed E-state index contributed by atoms with van der Waals surface area (Å²) in [7, 11) is 4.72. The molecule has 0 fully saturated rings. The molecule has 1 aliphatic rings. The van der Waals surface area contributed by atoms with Gasteiger partial charge in [0, 0.05) is 52.4 Å². The van der Waals surface area contributed by atoms with Crippen LogP contribution in [0.15, 0.2) is 72.4 Å². The van der Waals surface area contributed by atoms with Crippen molar-refractivity contribution in [2.24, 2.45) is 7.05 Å². The number of aromatic nitrogens is 2. The molecule has 0 amide bonds. The van der Waals surface area contributed by atoms with Crippen molar-refractivity contribution >= 4 is 44.5 Å². The molecule has 2 aromatic carbocycles. The number of hydrogen-bond donors (Lipinski definition) is 1. The van der Waals surface area contributed by atoms with Gasteiger partial charge in [-0.1, -0.05) is 36.4 Å². The number of H-pyrrole nitrogens is 1. The fraction of sp³-hybridized carbons (Fsp3) is 0.120. The van der Waals surface area contributed by atoms with E-state index in [9.17, 15) is 9.59 Å². The number of nitrogens with one attached hydrogen (secondary N) is 1. The van der Waals surface area contributed by atoms with Crippen molar-refractivity contribution < 1.29 is 19.1 Å². The number of ether oxygens (including phenoxy) is 2. The molecule has 5 rings (SSSR count). The fourth-order valence-electron chi connectivity index (χ4n) is 4.36. The second kappa shape index (κ2) is 7.02.